The van der Waals surface area contributed by atoms with Crippen molar-refractivity contribution in [1.82, 2.24) is 24.5 Å². The second-order valence-corrected chi connectivity index (χ2v) is 8.78. The molecular formula is C20H38IN7S. The standard InChI is InChI=1S/C20H37N7S.HI/c1-4-18-23-20(28-24-18)27-14-12-26(13-15-27)19(21-3)22-9-5-6-10-25-11-7-8-17(2)16-25;/h17H,4-16H2,1-3H3,(H,21,22);1H. The number of piperazine rings is 1. The number of aliphatic imine (C=N–C) groups is 1. The minimum Gasteiger partial charge on any atom is -0.356 e. The number of anilines is 1. The molecule has 29 heavy (non-hydrogen) atoms. The molecule has 0 saturated carbocycles. The molecule has 0 aromatic carbocycles. The Morgan fingerprint density at radius 3 is 2.66 bits per heavy atom. The van der Waals surface area contributed by atoms with Gasteiger partial charge in [0.1, 0.15) is 5.82 Å². The van der Waals surface area contributed by atoms with E-state index in [1.807, 2.05) is 7.05 Å². The van der Waals surface area contributed by atoms with Crippen LogP contribution in [-0.4, -0.2) is 84.5 Å². The summed E-state index contributed by atoms with van der Waals surface area (Å²) in [5, 5.41) is 4.63. The average Bonchev–Trinajstić information content (AvgIpc) is 3.20. The minimum atomic E-state index is 0. The molecule has 3 heterocycles. The lowest BCUT2D eigenvalue weighted by Crippen LogP contribution is -2.52. The number of likely N-dealkylation sites (tertiary alicyclic amines) is 1. The van der Waals surface area contributed by atoms with Crippen LogP contribution in [0.25, 0.3) is 0 Å². The molecule has 0 radical (unpaired) electrons. The Hall–Kier alpha value is -0.680. The highest BCUT2D eigenvalue weighted by Gasteiger charge is 2.22. The topological polar surface area (TPSA) is 59.9 Å². The number of piperidine rings is 1. The van der Waals surface area contributed by atoms with Crippen molar-refractivity contribution in [3.63, 3.8) is 0 Å². The largest absolute Gasteiger partial charge is 0.356 e. The summed E-state index contributed by atoms with van der Waals surface area (Å²) in [4.78, 5) is 16.5. The summed E-state index contributed by atoms with van der Waals surface area (Å²) in [6.45, 7) is 13.2. The first-order valence-electron chi connectivity index (χ1n) is 10.9. The van der Waals surface area contributed by atoms with E-state index in [-0.39, 0.29) is 24.0 Å². The van der Waals surface area contributed by atoms with Gasteiger partial charge in [-0.1, -0.05) is 13.8 Å². The fraction of sp³-hybridized carbons (Fsp3) is 0.850. The third kappa shape index (κ3) is 7.50. The van der Waals surface area contributed by atoms with Crippen LogP contribution >= 0.6 is 35.5 Å². The summed E-state index contributed by atoms with van der Waals surface area (Å²) in [6, 6.07) is 0. The molecule has 0 aliphatic carbocycles. The number of aryl methyl sites for hydroxylation is 1. The number of halogens is 1. The third-order valence-corrected chi connectivity index (χ3v) is 6.58. The number of hydrogen-bond acceptors (Lipinski definition) is 6. The maximum Gasteiger partial charge on any atom is 0.205 e. The predicted molar refractivity (Wildman–Crippen MR) is 134 cm³/mol. The van der Waals surface area contributed by atoms with E-state index in [9.17, 15) is 0 Å². The van der Waals surface area contributed by atoms with Crippen LogP contribution in [0.1, 0.15) is 45.4 Å². The van der Waals surface area contributed by atoms with Gasteiger partial charge in [0.05, 0.1) is 0 Å². The second kappa shape index (κ2) is 12.9. The lowest BCUT2D eigenvalue weighted by atomic mass is 10.0. The van der Waals surface area contributed by atoms with Crippen LogP contribution in [-0.2, 0) is 6.42 Å². The van der Waals surface area contributed by atoms with Gasteiger partial charge in [-0.05, 0) is 44.7 Å². The maximum atomic E-state index is 4.62. The average molecular weight is 536 g/mol. The van der Waals surface area contributed by atoms with Crippen LogP contribution in [0.2, 0.25) is 0 Å². The zero-order valence-corrected chi connectivity index (χ0v) is 21.4. The summed E-state index contributed by atoms with van der Waals surface area (Å²) < 4.78 is 4.41. The number of hydrogen-bond donors (Lipinski definition) is 1. The van der Waals surface area contributed by atoms with Crippen LogP contribution in [0.3, 0.4) is 0 Å². The quantitative estimate of drug-likeness (QED) is 0.251. The van der Waals surface area contributed by atoms with Crippen molar-refractivity contribution >= 4 is 46.6 Å². The van der Waals surface area contributed by atoms with Crippen molar-refractivity contribution in [1.29, 1.82) is 0 Å². The van der Waals surface area contributed by atoms with Gasteiger partial charge in [-0.2, -0.15) is 4.37 Å². The second-order valence-electron chi connectivity index (χ2n) is 8.05. The molecule has 1 atom stereocenters. The highest BCUT2D eigenvalue weighted by atomic mass is 127. The summed E-state index contributed by atoms with van der Waals surface area (Å²) in [5.41, 5.74) is 0. The summed E-state index contributed by atoms with van der Waals surface area (Å²) in [6.07, 6.45) is 6.15. The van der Waals surface area contributed by atoms with Crippen molar-refractivity contribution in [2.75, 3.05) is 64.3 Å². The van der Waals surface area contributed by atoms with Gasteiger partial charge in [-0.25, -0.2) is 4.98 Å². The van der Waals surface area contributed by atoms with Crippen molar-refractivity contribution in [2.24, 2.45) is 10.9 Å². The monoisotopic (exact) mass is 535 g/mol. The highest BCUT2D eigenvalue weighted by Crippen LogP contribution is 2.19. The maximum absolute atomic E-state index is 4.62. The molecule has 166 valence electrons. The van der Waals surface area contributed by atoms with Crippen molar-refractivity contribution < 1.29 is 0 Å². The van der Waals surface area contributed by atoms with E-state index >= 15 is 0 Å². The molecule has 7 nitrogen and oxygen atoms in total. The SMILES string of the molecule is CCc1nsc(N2CCN(C(=NC)NCCCCN3CCCC(C)C3)CC2)n1.I. The van der Waals surface area contributed by atoms with Crippen molar-refractivity contribution in [3.05, 3.63) is 5.82 Å². The number of rotatable bonds is 7. The molecule has 1 aromatic rings. The Kier molecular flexibility index (Phi) is 10.9. The molecule has 2 saturated heterocycles. The van der Waals surface area contributed by atoms with Crippen LogP contribution in [0, 0.1) is 5.92 Å². The van der Waals surface area contributed by atoms with Gasteiger partial charge < -0.3 is 20.0 Å². The van der Waals surface area contributed by atoms with Gasteiger partial charge in [-0.3, -0.25) is 4.99 Å². The normalized spacial score (nSPS) is 21.2. The first-order chi connectivity index (χ1) is 13.7. The van der Waals surface area contributed by atoms with Crippen LogP contribution in [0.15, 0.2) is 4.99 Å². The molecule has 0 amide bonds. The highest BCUT2D eigenvalue weighted by molar-refractivity contribution is 14.0. The number of unbranched alkanes of at least 4 members (excludes halogenated alkanes) is 1. The van der Waals surface area contributed by atoms with E-state index in [2.05, 4.69) is 48.2 Å². The van der Waals surface area contributed by atoms with E-state index in [1.54, 1.807) is 0 Å². The van der Waals surface area contributed by atoms with Crippen molar-refractivity contribution in [2.45, 2.75) is 46.0 Å². The molecule has 0 spiro atoms. The van der Waals surface area contributed by atoms with E-state index in [4.69, 9.17) is 0 Å². The van der Waals surface area contributed by atoms with Gasteiger partial charge >= 0.3 is 0 Å². The molecule has 2 fully saturated rings. The number of guanidine groups is 1. The third-order valence-electron chi connectivity index (χ3n) is 5.76. The fourth-order valence-corrected chi connectivity index (χ4v) is 4.91. The zero-order valence-electron chi connectivity index (χ0n) is 18.3. The van der Waals surface area contributed by atoms with Gasteiger partial charge in [0, 0.05) is 64.3 Å². The molecule has 2 aliphatic rings. The molecule has 1 aromatic heterocycles. The molecule has 2 aliphatic heterocycles. The van der Waals surface area contributed by atoms with Crippen LogP contribution in [0.4, 0.5) is 5.13 Å². The minimum absolute atomic E-state index is 0. The van der Waals surface area contributed by atoms with Gasteiger partial charge in [0.2, 0.25) is 5.13 Å². The fourth-order valence-electron chi connectivity index (χ4n) is 4.11. The zero-order chi connectivity index (χ0) is 19.8. The van der Waals surface area contributed by atoms with Crippen LogP contribution < -0.4 is 10.2 Å². The Labute approximate surface area is 197 Å². The molecular weight excluding hydrogens is 497 g/mol. The Morgan fingerprint density at radius 2 is 2.00 bits per heavy atom. The molecule has 0 bridgehead atoms. The lowest BCUT2D eigenvalue weighted by Gasteiger charge is -2.36. The summed E-state index contributed by atoms with van der Waals surface area (Å²) >= 11 is 1.52. The lowest BCUT2D eigenvalue weighted by molar-refractivity contribution is 0.181. The summed E-state index contributed by atoms with van der Waals surface area (Å²) in [7, 11) is 1.89. The Balaban J connectivity index is 0.00000300. The Morgan fingerprint density at radius 1 is 1.21 bits per heavy atom. The summed E-state index contributed by atoms with van der Waals surface area (Å²) in [5.74, 6) is 2.87. The molecule has 9 heteroatoms. The van der Waals surface area contributed by atoms with E-state index in [0.29, 0.717) is 0 Å². The Bertz CT molecular complexity index is 616. The van der Waals surface area contributed by atoms with Crippen LogP contribution in [0.5, 0.6) is 0 Å². The first kappa shape index (κ1) is 24.6. The molecule has 1 N–H and O–H groups in total. The van der Waals surface area contributed by atoms with E-state index < -0.39 is 0 Å². The molecule has 3 rings (SSSR count). The van der Waals surface area contributed by atoms with Crippen molar-refractivity contribution in [3.8, 4) is 0 Å². The van der Waals surface area contributed by atoms with Gasteiger partial charge in [0.25, 0.3) is 0 Å². The number of nitrogens with zero attached hydrogens (tertiary/aromatic N) is 6. The predicted octanol–water partition coefficient (Wildman–Crippen LogP) is 2.93. The van der Waals surface area contributed by atoms with Gasteiger partial charge in [0.15, 0.2) is 5.96 Å². The van der Waals surface area contributed by atoms with E-state index in [1.165, 1.54) is 56.9 Å². The smallest absolute Gasteiger partial charge is 0.205 e. The molecule has 1 unspecified atom stereocenters. The first-order valence-corrected chi connectivity index (χ1v) is 11.7. The number of nitrogens with one attached hydrogen (secondary N) is 1. The van der Waals surface area contributed by atoms with E-state index in [0.717, 1.165) is 62.0 Å². The van der Waals surface area contributed by atoms with Gasteiger partial charge in [-0.15, -0.1) is 24.0 Å². The number of aromatic nitrogens is 2.